The second-order valence-corrected chi connectivity index (χ2v) is 24.8. The van der Waals surface area contributed by atoms with Gasteiger partial charge in [-0.15, -0.1) is 0 Å². The standard InChI is InChI=1S/2C12H10Br2O3.C12H9BrO3.C12H8N2O7.C12H10O3/c2*1-2-7-5-3-4-6-9(13)11(14)17-10(6)8(5)12(15)16-7;1-2-9-7-4-3-6-8(13)5-15-11(6)10(7)12(14)16-9;1-2-7-9-6(13(16)17)3-5-4-8(14(18)19)21-11(5)10(9)12(15)20-7;1-2-9-8-4-3-7-5-6-14-11(7)10(8)12(13)15-9/h2*3-4,7,9,11H,2H2,1H3;3-5,9H,2H2,1H3;3-4,7H,2H2,1H3;3-6,9H,2H2,1H3/t7-,9+,11+;7-,9-,11-;9-;7-;9-/m11110/s1. The molecule has 0 spiro atoms. The molecule has 0 amide bonds. The van der Waals surface area contributed by atoms with Crippen molar-refractivity contribution in [2.24, 2.45) is 0 Å². The van der Waals surface area contributed by atoms with Gasteiger partial charge in [-0.3, -0.25) is 20.2 Å². The van der Waals surface area contributed by atoms with Crippen molar-refractivity contribution in [1.29, 1.82) is 0 Å². The van der Waals surface area contributed by atoms with Crippen LogP contribution in [0, 0.1) is 20.2 Å². The van der Waals surface area contributed by atoms with Crippen LogP contribution in [0.4, 0.5) is 11.6 Å². The summed E-state index contributed by atoms with van der Waals surface area (Å²) < 4.78 is 54.3. The number of halogens is 5. The monoisotopic (exact) mass is 1490 g/mol. The smallest absolute Gasteiger partial charge is 0.434 e. The van der Waals surface area contributed by atoms with E-state index in [0.717, 1.165) is 86.4 Å². The van der Waals surface area contributed by atoms with Gasteiger partial charge in [0, 0.05) is 55.6 Å². The highest BCUT2D eigenvalue weighted by molar-refractivity contribution is 9.12. The summed E-state index contributed by atoms with van der Waals surface area (Å²) in [5.74, 6) is -1.13. The molecule has 10 heterocycles. The number of nitrogens with zero attached hydrogens (tertiary/aromatic N) is 2. The molecular formula is C60H47Br5N2O19. The topological polar surface area (TPSA) is 276 Å². The molecule has 0 aliphatic carbocycles. The third-order valence-electron chi connectivity index (χ3n) is 15.4. The van der Waals surface area contributed by atoms with Crippen LogP contribution in [0.2, 0.25) is 0 Å². The highest BCUT2D eigenvalue weighted by Crippen LogP contribution is 2.53. The number of ether oxygens (including phenoxy) is 7. The molecule has 0 saturated heterocycles. The third kappa shape index (κ3) is 10.4. The van der Waals surface area contributed by atoms with Crippen LogP contribution < -0.4 is 9.47 Å². The summed E-state index contributed by atoms with van der Waals surface area (Å²) in [6, 6.07) is 19.8. The quantitative estimate of drug-likeness (QED) is 0.0471. The Kier molecular flexibility index (Phi) is 17.0. The minimum absolute atomic E-state index is 0.0525. The Labute approximate surface area is 529 Å². The van der Waals surface area contributed by atoms with Gasteiger partial charge in [-0.25, -0.2) is 24.0 Å². The Morgan fingerprint density at radius 1 is 0.453 bits per heavy atom. The van der Waals surface area contributed by atoms with E-state index in [0.29, 0.717) is 51.3 Å². The number of carbonyl (C=O) groups is 5. The minimum Gasteiger partial charge on any atom is -0.476 e. The molecular weight excluding hydrogens is 1450 g/mol. The van der Waals surface area contributed by atoms with Crippen molar-refractivity contribution >= 4 is 154 Å². The number of benzene rings is 5. The molecule has 86 heavy (non-hydrogen) atoms. The van der Waals surface area contributed by atoms with E-state index in [4.69, 9.17) is 46.4 Å². The number of hydrogen-bond acceptors (Lipinski definition) is 19. The summed E-state index contributed by atoms with van der Waals surface area (Å²) in [6.45, 7) is 9.71. The maximum Gasteiger partial charge on any atom is 0.434 e. The molecule has 0 N–H and O–H groups in total. The van der Waals surface area contributed by atoms with Gasteiger partial charge < -0.3 is 46.4 Å². The fourth-order valence-electron chi connectivity index (χ4n) is 11.3. The number of alkyl halides is 4. The van der Waals surface area contributed by atoms with Crippen LogP contribution in [0.15, 0.2) is 97.0 Å². The first-order valence-corrected chi connectivity index (χ1v) is 31.6. The number of furan rings is 3. The molecule has 0 saturated carbocycles. The summed E-state index contributed by atoms with van der Waals surface area (Å²) in [7, 11) is 0. The Balaban J connectivity index is 0.000000112. The summed E-state index contributed by atoms with van der Waals surface area (Å²) in [5, 5.41) is 23.6. The highest BCUT2D eigenvalue weighted by atomic mass is 79.9. The van der Waals surface area contributed by atoms with Crippen LogP contribution in [-0.2, 0) is 23.7 Å². The first-order valence-electron chi connectivity index (χ1n) is 27.1. The van der Waals surface area contributed by atoms with Gasteiger partial charge in [-0.1, -0.05) is 109 Å². The second-order valence-electron chi connectivity index (χ2n) is 20.2. The number of cyclic esters (lactones) is 5. The molecule has 26 heteroatoms. The SMILES string of the molecule is CC[C@@H]1OC(=O)c2c1ccc1ccoc21.CC[C@H]1OC(=O)c2c1c([N+](=O)[O-])cc1cc([N+](=O)[O-])oc21.CC[C@H]1OC(=O)c2c1ccc1c(Br)coc21.CC[C@H]1OC(=O)c2c1ccc1c2O[C@@H](Br)[C@@H]1Br.CC[C@H]1OC(=O)c2c1ccc1c2O[C@H](Br)[C@H]1Br. The van der Waals surface area contributed by atoms with Crippen molar-refractivity contribution in [2.75, 3.05) is 0 Å². The van der Waals surface area contributed by atoms with E-state index in [1.54, 1.807) is 19.5 Å². The number of esters is 5. The molecule has 3 aromatic heterocycles. The largest absolute Gasteiger partial charge is 0.476 e. The van der Waals surface area contributed by atoms with Crippen molar-refractivity contribution in [2.45, 2.75) is 117 Å². The van der Waals surface area contributed by atoms with Crippen LogP contribution in [-0.4, -0.2) is 49.7 Å². The summed E-state index contributed by atoms with van der Waals surface area (Å²) in [4.78, 5) is 79.8. The Morgan fingerprint density at radius 3 is 1.37 bits per heavy atom. The minimum atomic E-state index is -0.769. The molecule has 0 bridgehead atoms. The molecule has 0 unspecified atom stereocenters. The van der Waals surface area contributed by atoms with Crippen molar-refractivity contribution in [1.82, 2.24) is 0 Å². The van der Waals surface area contributed by atoms with Crippen LogP contribution in [0.3, 0.4) is 0 Å². The normalized spacial score (nSPS) is 22.7. The molecule has 5 aromatic carbocycles. The molecule has 0 radical (unpaired) electrons. The second kappa shape index (κ2) is 24.2. The lowest BCUT2D eigenvalue weighted by molar-refractivity contribution is -0.401. The molecule has 7 aliphatic rings. The third-order valence-corrected chi connectivity index (χ3v) is 20.8. The van der Waals surface area contributed by atoms with Crippen molar-refractivity contribution in [3.05, 3.63) is 171 Å². The van der Waals surface area contributed by atoms with Crippen LogP contribution in [0.25, 0.3) is 32.9 Å². The maximum absolute atomic E-state index is 11.9. The van der Waals surface area contributed by atoms with Gasteiger partial charge in [0.25, 0.3) is 5.69 Å². The Morgan fingerprint density at radius 2 is 0.884 bits per heavy atom. The van der Waals surface area contributed by atoms with E-state index < -0.39 is 27.8 Å². The van der Waals surface area contributed by atoms with Crippen molar-refractivity contribution < 1.29 is 80.2 Å². The zero-order chi connectivity index (χ0) is 61.3. The fraction of sp³-hybridized carbons (Fsp3) is 0.317. The average Bonchev–Trinajstić information content (AvgIpc) is 2.01. The molecule has 7 aliphatic heterocycles. The maximum atomic E-state index is 11.9. The fourth-order valence-corrected chi connectivity index (χ4v) is 13.6. The summed E-state index contributed by atoms with van der Waals surface area (Å²) in [5.41, 5.74) is 9.07. The van der Waals surface area contributed by atoms with Crippen molar-refractivity contribution in [3.8, 4) is 11.5 Å². The number of carbonyl (C=O) groups excluding carboxylic acids is 5. The molecule has 21 nitrogen and oxygen atoms in total. The van der Waals surface area contributed by atoms with Crippen LogP contribution >= 0.6 is 79.6 Å². The first-order chi connectivity index (χ1) is 41.2. The number of fused-ring (bicyclic) bond motifs is 15. The molecule has 8 aromatic rings. The van der Waals surface area contributed by atoms with Crippen LogP contribution in [0.1, 0.15) is 198 Å². The number of hydrogen-bond donors (Lipinski definition) is 0. The van der Waals surface area contributed by atoms with Gasteiger partial charge in [-0.05, 0) is 92.0 Å². The number of nitro groups is 2. The Bertz CT molecular complexity index is 4060. The van der Waals surface area contributed by atoms with E-state index in [9.17, 15) is 44.2 Å². The number of nitro benzene ring substituents is 1. The molecule has 9 atom stereocenters. The van der Waals surface area contributed by atoms with Gasteiger partial charge in [0.05, 0.1) is 36.9 Å². The van der Waals surface area contributed by atoms with Gasteiger partial charge in [0.1, 0.15) is 92.2 Å². The van der Waals surface area contributed by atoms with Gasteiger partial charge in [0.15, 0.2) is 15.6 Å². The average molecular weight is 1500 g/mol. The molecule has 0 fully saturated rings. The Hall–Kier alpha value is -7.13. The van der Waals surface area contributed by atoms with E-state index in [-0.39, 0.29) is 95.8 Å². The predicted octanol–water partition coefficient (Wildman–Crippen LogP) is 17.5. The van der Waals surface area contributed by atoms with E-state index in [1.165, 1.54) is 0 Å². The van der Waals surface area contributed by atoms with Gasteiger partial charge in [-0.2, -0.15) is 0 Å². The molecule has 446 valence electrons. The lowest BCUT2D eigenvalue weighted by Crippen LogP contribution is -2.05. The van der Waals surface area contributed by atoms with E-state index in [2.05, 4.69) is 79.6 Å². The lowest BCUT2D eigenvalue weighted by atomic mass is 9.99. The van der Waals surface area contributed by atoms with Crippen molar-refractivity contribution in [3.63, 3.8) is 0 Å². The highest BCUT2D eigenvalue weighted by Gasteiger charge is 2.44. The van der Waals surface area contributed by atoms with E-state index >= 15 is 0 Å². The predicted molar refractivity (Wildman–Crippen MR) is 325 cm³/mol. The van der Waals surface area contributed by atoms with Gasteiger partial charge >= 0.3 is 35.7 Å². The van der Waals surface area contributed by atoms with E-state index in [1.807, 2.05) is 82.3 Å². The zero-order valence-electron chi connectivity index (χ0n) is 45.8. The lowest BCUT2D eigenvalue weighted by Gasteiger charge is -2.07. The zero-order valence-corrected chi connectivity index (χ0v) is 53.7. The summed E-state index contributed by atoms with van der Waals surface area (Å²) in [6.07, 6.45) is 5.45. The summed E-state index contributed by atoms with van der Waals surface area (Å²) >= 11 is 17.3. The van der Waals surface area contributed by atoms with Crippen LogP contribution in [0.5, 0.6) is 11.5 Å². The first kappa shape index (κ1) is 60.6. The van der Waals surface area contributed by atoms with Gasteiger partial charge in [0.2, 0.25) is 0 Å². The molecule has 15 rings (SSSR count). The number of rotatable bonds is 7.